The standard InChI is InChI=1S/C13H15NO3/c1-11(10-15)13(9-14(16)17)8-7-12-5-3-2-4-6-12/h2-8,10-11,13H,9H2,1H3/b8-7+. The fourth-order valence-electron chi connectivity index (χ4n) is 1.47. The molecule has 0 heterocycles. The van der Waals surface area contributed by atoms with E-state index in [1.807, 2.05) is 36.4 Å². The van der Waals surface area contributed by atoms with Gasteiger partial charge in [-0.25, -0.2) is 0 Å². The molecule has 1 aromatic carbocycles. The largest absolute Gasteiger partial charge is 0.303 e. The molecule has 0 aromatic heterocycles. The van der Waals surface area contributed by atoms with Crippen LogP contribution in [0.2, 0.25) is 0 Å². The van der Waals surface area contributed by atoms with E-state index in [2.05, 4.69) is 0 Å². The Balaban J connectivity index is 2.75. The van der Waals surface area contributed by atoms with Crippen molar-refractivity contribution in [2.75, 3.05) is 6.54 Å². The molecule has 0 N–H and O–H groups in total. The zero-order valence-electron chi connectivity index (χ0n) is 9.65. The van der Waals surface area contributed by atoms with Crippen LogP contribution in [-0.2, 0) is 4.79 Å². The minimum atomic E-state index is -0.389. The topological polar surface area (TPSA) is 60.2 Å². The molecule has 4 heteroatoms. The van der Waals surface area contributed by atoms with E-state index in [-0.39, 0.29) is 23.3 Å². The molecule has 90 valence electrons. The molecule has 0 aliphatic heterocycles. The molecule has 0 aliphatic rings. The van der Waals surface area contributed by atoms with Crippen molar-refractivity contribution in [3.8, 4) is 0 Å². The van der Waals surface area contributed by atoms with Crippen molar-refractivity contribution in [2.45, 2.75) is 6.92 Å². The van der Waals surface area contributed by atoms with E-state index in [4.69, 9.17) is 0 Å². The second-order valence-electron chi connectivity index (χ2n) is 3.94. The van der Waals surface area contributed by atoms with Crippen LogP contribution in [0.15, 0.2) is 36.4 Å². The number of rotatable bonds is 6. The summed E-state index contributed by atoms with van der Waals surface area (Å²) in [6, 6.07) is 9.51. The predicted molar refractivity (Wildman–Crippen MR) is 66.1 cm³/mol. The molecule has 0 amide bonds. The zero-order valence-corrected chi connectivity index (χ0v) is 9.65. The average molecular weight is 233 g/mol. The lowest BCUT2D eigenvalue weighted by atomic mass is 9.94. The maximum atomic E-state index is 10.7. The Kier molecular flexibility index (Phi) is 5.07. The summed E-state index contributed by atoms with van der Waals surface area (Å²) in [5.74, 6) is -0.705. The Labute approximate surface area is 100 Å². The molecule has 2 atom stereocenters. The molecule has 0 fully saturated rings. The first-order valence-corrected chi connectivity index (χ1v) is 5.44. The van der Waals surface area contributed by atoms with E-state index in [1.54, 1.807) is 13.0 Å². The van der Waals surface area contributed by atoms with Crippen LogP contribution in [0.1, 0.15) is 12.5 Å². The Morgan fingerprint density at radius 1 is 1.35 bits per heavy atom. The lowest BCUT2D eigenvalue weighted by Crippen LogP contribution is -2.20. The zero-order chi connectivity index (χ0) is 12.7. The van der Waals surface area contributed by atoms with Crippen LogP contribution in [-0.4, -0.2) is 17.8 Å². The van der Waals surface area contributed by atoms with Crippen molar-refractivity contribution in [2.24, 2.45) is 11.8 Å². The molecular weight excluding hydrogens is 218 g/mol. The summed E-state index contributed by atoms with van der Waals surface area (Å²) in [5.41, 5.74) is 0.971. The van der Waals surface area contributed by atoms with E-state index in [9.17, 15) is 14.9 Å². The minimum Gasteiger partial charge on any atom is -0.303 e. The summed E-state index contributed by atoms with van der Waals surface area (Å²) < 4.78 is 0. The Bertz CT molecular complexity index is 400. The van der Waals surface area contributed by atoms with Crippen molar-refractivity contribution < 1.29 is 9.72 Å². The van der Waals surface area contributed by atoms with Crippen molar-refractivity contribution >= 4 is 12.4 Å². The van der Waals surface area contributed by atoms with Gasteiger partial charge in [-0.3, -0.25) is 10.1 Å². The minimum absolute atomic E-state index is 0.219. The number of benzene rings is 1. The molecule has 0 radical (unpaired) electrons. The van der Waals surface area contributed by atoms with Gasteiger partial charge in [-0.05, 0) is 5.56 Å². The molecule has 1 aromatic rings. The molecular formula is C13H15NO3. The highest BCUT2D eigenvalue weighted by Gasteiger charge is 2.19. The maximum absolute atomic E-state index is 10.7. The van der Waals surface area contributed by atoms with Crippen molar-refractivity contribution in [1.82, 2.24) is 0 Å². The van der Waals surface area contributed by atoms with Gasteiger partial charge in [-0.15, -0.1) is 0 Å². The van der Waals surface area contributed by atoms with Crippen LogP contribution in [0.4, 0.5) is 0 Å². The molecule has 0 bridgehead atoms. The summed E-state index contributed by atoms with van der Waals surface area (Å²) in [4.78, 5) is 20.8. The predicted octanol–water partition coefficient (Wildman–Crippen LogP) is 2.43. The average Bonchev–Trinajstić information content (AvgIpc) is 2.34. The smallest absolute Gasteiger partial charge is 0.210 e. The van der Waals surface area contributed by atoms with Crippen LogP contribution < -0.4 is 0 Å². The van der Waals surface area contributed by atoms with Crippen LogP contribution in [0, 0.1) is 22.0 Å². The van der Waals surface area contributed by atoms with Crippen molar-refractivity contribution in [1.29, 1.82) is 0 Å². The van der Waals surface area contributed by atoms with Gasteiger partial charge in [0.2, 0.25) is 6.54 Å². The Morgan fingerprint density at radius 2 is 2.00 bits per heavy atom. The highest BCUT2D eigenvalue weighted by Crippen LogP contribution is 2.13. The van der Waals surface area contributed by atoms with Gasteiger partial charge in [0.15, 0.2) is 0 Å². The maximum Gasteiger partial charge on any atom is 0.210 e. The van der Waals surface area contributed by atoms with Gasteiger partial charge in [0.05, 0.1) is 5.92 Å². The molecule has 1 rings (SSSR count). The lowest BCUT2D eigenvalue weighted by molar-refractivity contribution is -0.486. The number of hydrogen-bond donors (Lipinski definition) is 0. The number of nitrogens with zero attached hydrogens (tertiary/aromatic N) is 1. The molecule has 0 aliphatic carbocycles. The van der Waals surface area contributed by atoms with Gasteiger partial charge in [0.1, 0.15) is 6.29 Å². The number of carbonyl (C=O) groups is 1. The van der Waals surface area contributed by atoms with E-state index in [0.717, 1.165) is 11.8 Å². The summed E-state index contributed by atoms with van der Waals surface area (Å²) in [7, 11) is 0. The van der Waals surface area contributed by atoms with Crippen molar-refractivity contribution in [3.05, 3.63) is 52.1 Å². The van der Waals surface area contributed by atoms with Gasteiger partial charge in [-0.2, -0.15) is 0 Å². The van der Waals surface area contributed by atoms with E-state index < -0.39 is 0 Å². The first-order chi connectivity index (χ1) is 8.13. The molecule has 2 unspecified atom stereocenters. The number of carbonyl (C=O) groups excluding carboxylic acids is 1. The number of aldehydes is 1. The first-order valence-electron chi connectivity index (χ1n) is 5.44. The van der Waals surface area contributed by atoms with Gasteiger partial charge in [0.25, 0.3) is 0 Å². The Hall–Kier alpha value is -1.97. The lowest BCUT2D eigenvalue weighted by Gasteiger charge is -2.10. The fraction of sp³-hybridized carbons (Fsp3) is 0.308. The highest BCUT2D eigenvalue weighted by molar-refractivity contribution is 5.56. The third kappa shape index (κ3) is 4.59. The van der Waals surface area contributed by atoms with E-state index in [1.165, 1.54) is 0 Å². The molecule has 4 nitrogen and oxygen atoms in total. The summed E-state index contributed by atoms with van der Waals surface area (Å²) in [5, 5.41) is 10.5. The van der Waals surface area contributed by atoms with Crippen LogP contribution >= 0.6 is 0 Å². The van der Waals surface area contributed by atoms with Crippen LogP contribution in [0.25, 0.3) is 6.08 Å². The second kappa shape index (κ2) is 6.58. The third-order valence-corrected chi connectivity index (χ3v) is 2.59. The first kappa shape index (κ1) is 13.1. The molecule has 0 saturated carbocycles. The number of hydrogen-bond acceptors (Lipinski definition) is 3. The van der Waals surface area contributed by atoms with Gasteiger partial charge < -0.3 is 4.79 Å². The van der Waals surface area contributed by atoms with Gasteiger partial charge in [-0.1, -0.05) is 49.4 Å². The third-order valence-electron chi connectivity index (χ3n) is 2.59. The van der Waals surface area contributed by atoms with E-state index >= 15 is 0 Å². The molecule has 0 saturated heterocycles. The summed E-state index contributed by atoms with van der Waals surface area (Å²) in [6.07, 6.45) is 4.30. The Morgan fingerprint density at radius 3 is 2.53 bits per heavy atom. The monoisotopic (exact) mass is 233 g/mol. The SMILES string of the molecule is CC(C=O)C(/C=C/c1ccccc1)C[N+](=O)[O-]. The van der Waals surface area contributed by atoms with E-state index in [0.29, 0.717) is 0 Å². The van der Waals surface area contributed by atoms with Crippen molar-refractivity contribution in [3.63, 3.8) is 0 Å². The molecule has 17 heavy (non-hydrogen) atoms. The normalized spacial score (nSPS) is 14.4. The summed E-state index contributed by atoms with van der Waals surface area (Å²) in [6.45, 7) is 1.47. The van der Waals surface area contributed by atoms with Crippen LogP contribution in [0.3, 0.4) is 0 Å². The molecule has 0 spiro atoms. The highest BCUT2D eigenvalue weighted by atomic mass is 16.6. The van der Waals surface area contributed by atoms with Gasteiger partial charge in [0, 0.05) is 10.8 Å². The quantitative estimate of drug-likeness (QED) is 0.430. The summed E-state index contributed by atoms with van der Waals surface area (Å²) >= 11 is 0. The van der Waals surface area contributed by atoms with Gasteiger partial charge >= 0.3 is 0 Å². The van der Waals surface area contributed by atoms with Crippen LogP contribution in [0.5, 0.6) is 0 Å². The second-order valence-corrected chi connectivity index (χ2v) is 3.94. The number of nitro groups is 1. The fourth-order valence-corrected chi connectivity index (χ4v) is 1.47.